The lowest BCUT2D eigenvalue weighted by Gasteiger charge is -2.33. The lowest BCUT2D eigenvalue weighted by Crippen LogP contribution is -2.38. The molecule has 0 aliphatic heterocycles. The van der Waals surface area contributed by atoms with Gasteiger partial charge in [-0.2, -0.15) is 0 Å². The van der Waals surface area contributed by atoms with Gasteiger partial charge in [0.1, 0.15) is 5.78 Å². The van der Waals surface area contributed by atoms with Gasteiger partial charge in [-0.05, 0) is 148 Å². The zero-order chi connectivity index (χ0) is 37.6. The molecule has 0 aromatic heterocycles. The van der Waals surface area contributed by atoms with Gasteiger partial charge in [-0.15, -0.1) is 0 Å². The van der Waals surface area contributed by atoms with Gasteiger partial charge in [0.2, 0.25) is 0 Å². The number of ether oxygens (including phenoxy) is 4. The fraction of sp³-hybridized carbons (Fsp3) is 0.977. The molecule has 4 rings (SSSR count). The Hall–Kier alpha value is -0.610. The number of rotatable bonds is 24. The monoisotopic (exact) mass is 736 g/mol. The van der Waals surface area contributed by atoms with Crippen LogP contribution in [0.4, 0.5) is 0 Å². The first-order valence-corrected chi connectivity index (χ1v) is 21.9. The van der Waals surface area contributed by atoms with E-state index in [9.17, 15) is 15.0 Å². The van der Waals surface area contributed by atoms with Crippen molar-refractivity contribution in [1.82, 2.24) is 0 Å². The van der Waals surface area contributed by atoms with Crippen molar-refractivity contribution in [3.63, 3.8) is 0 Å². The van der Waals surface area contributed by atoms with Crippen LogP contribution < -0.4 is 5.73 Å². The highest BCUT2D eigenvalue weighted by atomic mass is 16.5. The molecule has 8 nitrogen and oxygen atoms in total. The van der Waals surface area contributed by atoms with Gasteiger partial charge in [-0.3, -0.25) is 4.79 Å². The number of hydrogen-bond acceptors (Lipinski definition) is 8. The molecule has 4 saturated carbocycles. The third-order valence-corrected chi connectivity index (χ3v) is 13.8. The molecule has 4 N–H and O–H groups in total. The van der Waals surface area contributed by atoms with Gasteiger partial charge in [-0.1, -0.05) is 41.5 Å². The summed E-state index contributed by atoms with van der Waals surface area (Å²) in [7, 11) is 0. The second-order valence-electron chi connectivity index (χ2n) is 19.0. The average Bonchev–Trinajstić information content (AvgIpc) is 3.77. The number of nitrogens with two attached hydrogens (primary N) is 1. The molecule has 0 radical (unpaired) electrons. The maximum Gasteiger partial charge on any atom is 0.139 e. The first-order chi connectivity index (χ1) is 25.0. The van der Waals surface area contributed by atoms with E-state index in [1.54, 1.807) is 0 Å². The first kappa shape index (κ1) is 44.1. The van der Waals surface area contributed by atoms with E-state index in [1.165, 1.54) is 12.8 Å². The molecule has 4 aliphatic rings. The third kappa shape index (κ3) is 13.0. The average molecular weight is 736 g/mol. The third-order valence-electron chi connectivity index (χ3n) is 13.8. The van der Waals surface area contributed by atoms with Crippen LogP contribution in [0.1, 0.15) is 119 Å². The molecule has 304 valence electrons. The lowest BCUT2D eigenvalue weighted by molar-refractivity contribution is -0.130. The normalized spacial score (nSPS) is 35.6. The molecule has 0 bridgehead atoms. The minimum atomic E-state index is -0.0829. The maximum absolute atomic E-state index is 14.8. The Morgan fingerprint density at radius 3 is 1.38 bits per heavy atom. The molecule has 0 spiro atoms. The second kappa shape index (κ2) is 22.8. The summed E-state index contributed by atoms with van der Waals surface area (Å²) < 4.78 is 25.4. The fourth-order valence-electron chi connectivity index (χ4n) is 10.6. The SMILES string of the molecule is CC(C)CCOCC1CC(CO)C(C2CCC(C3C(CO)CC(COCCC4CCC(N)CC4)C3COCCC(C)C)C2=O)C1COCCC(C)C. The van der Waals surface area contributed by atoms with Crippen LogP contribution in [0.25, 0.3) is 0 Å². The Bertz CT molecular complexity index is 984. The van der Waals surface area contributed by atoms with Gasteiger partial charge in [0, 0.05) is 70.7 Å². The summed E-state index contributed by atoms with van der Waals surface area (Å²) in [6.45, 7) is 19.1. The Balaban J connectivity index is 1.46. The van der Waals surface area contributed by atoms with Crippen LogP contribution in [0.5, 0.6) is 0 Å². The summed E-state index contributed by atoms with van der Waals surface area (Å²) in [6.07, 6.45) is 12.3. The molecule has 10 atom stereocenters. The minimum Gasteiger partial charge on any atom is -0.396 e. The van der Waals surface area contributed by atoms with Gasteiger partial charge < -0.3 is 34.9 Å². The van der Waals surface area contributed by atoms with Crippen molar-refractivity contribution in [3.8, 4) is 0 Å². The van der Waals surface area contributed by atoms with E-state index in [4.69, 9.17) is 24.7 Å². The fourth-order valence-corrected chi connectivity index (χ4v) is 10.6. The molecule has 8 heteroatoms. The smallest absolute Gasteiger partial charge is 0.139 e. The second-order valence-corrected chi connectivity index (χ2v) is 19.0. The van der Waals surface area contributed by atoms with Gasteiger partial charge in [0.25, 0.3) is 0 Å². The summed E-state index contributed by atoms with van der Waals surface area (Å²) in [5.74, 6) is 3.97. The van der Waals surface area contributed by atoms with Gasteiger partial charge in [0.15, 0.2) is 0 Å². The maximum atomic E-state index is 14.8. The topological polar surface area (TPSA) is 120 Å². The summed E-state index contributed by atoms with van der Waals surface area (Å²) in [5, 5.41) is 21.5. The van der Waals surface area contributed by atoms with Crippen molar-refractivity contribution in [2.45, 2.75) is 125 Å². The molecular formula is C44H81NO7. The molecule has 0 aromatic carbocycles. The van der Waals surface area contributed by atoms with E-state index in [0.29, 0.717) is 61.9 Å². The molecule has 0 saturated heterocycles. The number of aliphatic hydroxyl groups excluding tert-OH is 2. The summed E-state index contributed by atoms with van der Waals surface area (Å²) in [5.41, 5.74) is 6.14. The van der Waals surface area contributed by atoms with E-state index in [-0.39, 0.29) is 72.4 Å². The molecule has 0 aromatic rings. The highest BCUT2D eigenvalue weighted by Gasteiger charge is 2.56. The van der Waals surface area contributed by atoms with Gasteiger partial charge in [0.05, 0.1) is 13.2 Å². The summed E-state index contributed by atoms with van der Waals surface area (Å²) in [4.78, 5) is 14.8. The van der Waals surface area contributed by atoms with E-state index >= 15 is 0 Å². The number of carbonyl (C=O) groups excluding carboxylic acids is 1. The molecule has 10 unspecified atom stereocenters. The number of carbonyl (C=O) groups is 1. The zero-order valence-corrected chi connectivity index (χ0v) is 34.2. The van der Waals surface area contributed by atoms with E-state index in [2.05, 4.69) is 41.5 Å². The summed E-state index contributed by atoms with van der Waals surface area (Å²) in [6, 6.07) is 0.365. The molecule has 4 fully saturated rings. The number of ketones is 1. The minimum absolute atomic E-state index is 0.0781. The van der Waals surface area contributed by atoms with E-state index in [0.717, 1.165) is 90.6 Å². The standard InChI is InChI=1S/C44H81NO7/c1-29(2)13-17-49-25-35-21-33(23-46)42(40(35)27-51-18-14-30(3)4)38-11-12-39(44(38)48)43-34(24-47)22-36(41(43)28-52-19-15-31(5)6)26-50-20-16-32-7-9-37(45)10-8-32/h29-43,46-47H,7-28,45H2,1-6H3. The predicted molar refractivity (Wildman–Crippen MR) is 209 cm³/mol. The highest BCUT2D eigenvalue weighted by Crippen LogP contribution is 2.55. The van der Waals surface area contributed by atoms with Crippen LogP contribution in [-0.2, 0) is 23.7 Å². The molecule has 0 amide bonds. The molecule has 52 heavy (non-hydrogen) atoms. The van der Waals surface area contributed by atoms with E-state index < -0.39 is 0 Å². The number of hydrogen-bond donors (Lipinski definition) is 3. The summed E-state index contributed by atoms with van der Waals surface area (Å²) >= 11 is 0. The van der Waals surface area contributed by atoms with Gasteiger partial charge >= 0.3 is 0 Å². The predicted octanol–water partition coefficient (Wildman–Crippen LogP) is 7.42. The quantitative estimate of drug-likeness (QED) is 0.0877. The van der Waals surface area contributed by atoms with E-state index in [1.807, 2.05) is 0 Å². The number of aliphatic hydroxyl groups is 2. The first-order valence-electron chi connectivity index (χ1n) is 21.9. The van der Waals surface area contributed by atoms with Crippen LogP contribution in [0.2, 0.25) is 0 Å². The van der Waals surface area contributed by atoms with Crippen LogP contribution in [0.15, 0.2) is 0 Å². The zero-order valence-electron chi connectivity index (χ0n) is 34.2. The molecule has 4 aliphatic carbocycles. The number of Topliss-reactive ketones (excluding diaryl/α,β-unsaturated/α-hetero) is 1. The van der Waals surface area contributed by atoms with Crippen molar-refractivity contribution < 1.29 is 34.0 Å². The Morgan fingerprint density at radius 1 is 0.577 bits per heavy atom. The largest absolute Gasteiger partial charge is 0.396 e. The van der Waals surface area contributed by atoms with Crippen LogP contribution in [0.3, 0.4) is 0 Å². The highest BCUT2D eigenvalue weighted by molar-refractivity contribution is 5.86. The van der Waals surface area contributed by atoms with Crippen molar-refractivity contribution >= 4 is 5.78 Å². The van der Waals surface area contributed by atoms with Crippen molar-refractivity contribution in [1.29, 1.82) is 0 Å². The Morgan fingerprint density at radius 2 is 0.981 bits per heavy atom. The van der Waals surface area contributed by atoms with Gasteiger partial charge in [-0.25, -0.2) is 0 Å². The van der Waals surface area contributed by atoms with Crippen molar-refractivity contribution in [2.24, 2.45) is 88.6 Å². The Kier molecular flexibility index (Phi) is 19.4. The molecule has 0 heterocycles. The molecular weight excluding hydrogens is 654 g/mol. The van der Waals surface area contributed by atoms with Crippen molar-refractivity contribution in [2.75, 3.05) is 66.1 Å². The lowest BCUT2D eigenvalue weighted by atomic mass is 9.73. The van der Waals surface area contributed by atoms with Crippen LogP contribution in [0, 0.1) is 82.9 Å². The Labute approximate surface area is 318 Å². The van der Waals surface area contributed by atoms with Crippen molar-refractivity contribution in [3.05, 3.63) is 0 Å². The van der Waals surface area contributed by atoms with Crippen LogP contribution in [-0.4, -0.2) is 88.1 Å². The van der Waals surface area contributed by atoms with Crippen LogP contribution >= 0.6 is 0 Å².